The molecule has 2 aliphatic rings. The molecule has 2 saturated heterocycles. The van der Waals surface area contributed by atoms with Crippen LogP contribution in [0.25, 0.3) is 11.0 Å². The Morgan fingerprint density at radius 3 is 2.96 bits per heavy atom. The minimum atomic E-state index is -0.438. The van der Waals surface area contributed by atoms with Crippen LogP contribution in [0.2, 0.25) is 0 Å². The van der Waals surface area contributed by atoms with E-state index in [0.29, 0.717) is 30.8 Å². The van der Waals surface area contributed by atoms with E-state index in [4.69, 9.17) is 4.74 Å². The molecule has 0 radical (unpaired) electrons. The molecule has 1 amide bonds. The summed E-state index contributed by atoms with van der Waals surface area (Å²) in [5.41, 5.74) is 0.777. The summed E-state index contributed by atoms with van der Waals surface area (Å²) < 4.78 is 5.70. The second-order valence-electron chi connectivity index (χ2n) is 6.67. The minimum Gasteiger partial charge on any atom is -0.379 e. The van der Waals surface area contributed by atoms with Gasteiger partial charge in [0.25, 0.3) is 11.5 Å². The number of benzene rings is 1. The van der Waals surface area contributed by atoms with Gasteiger partial charge in [-0.3, -0.25) is 9.59 Å². The maximum Gasteiger partial charge on any atom is 0.280 e. The number of nitrogens with one attached hydrogen (secondary N) is 1. The highest BCUT2D eigenvalue weighted by Crippen LogP contribution is 2.20. The van der Waals surface area contributed by atoms with Gasteiger partial charge in [0.05, 0.1) is 30.3 Å². The smallest absolute Gasteiger partial charge is 0.280 e. The molecule has 2 bridgehead atoms. The van der Waals surface area contributed by atoms with Crippen LogP contribution < -0.4 is 5.56 Å². The van der Waals surface area contributed by atoms with Gasteiger partial charge in [-0.05, 0) is 19.2 Å². The zero-order chi connectivity index (χ0) is 16.7. The number of amides is 1. The van der Waals surface area contributed by atoms with E-state index in [9.17, 15) is 9.59 Å². The lowest BCUT2D eigenvalue weighted by molar-refractivity contribution is 0.0479. The van der Waals surface area contributed by atoms with Crippen LogP contribution in [-0.2, 0) is 4.74 Å². The molecule has 0 saturated carbocycles. The van der Waals surface area contributed by atoms with Gasteiger partial charge >= 0.3 is 0 Å². The second-order valence-corrected chi connectivity index (χ2v) is 6.67. The van der Waals surface area contributed by atoms with Gasteiger partial charge in [-0.25, -0.2) is 4.98 Å². The van der Waals surface area contributed by atoms with E-state index in [1.165, 1.54) is 0 Å². The van der Waals surface area contributed by atoms with Gasteiger partial charge < -0.3 is 19.5 Å². The molecule has 24 heavy (non-hydrogen) atoms. The Hall–Kier alpha value is -2.25. The van der Waals surface area contributed by atoms with Gasteiger partial charge in [-0.15, -0.1) is 0 Å². The van der Waals surface area contributed by atoms with E-state index in [2.05, 4.69) is 21.9 Å². The summed E-state index contributed by atoms with van der Waals surface area (Å²) in [6, 6.07) is 7.18. The third kappa shape index (κ3) is 2.70. The first-order chi connectivity index (χ1) is 11.6. The van der Waals surface area contributed by atoms with Crippen molar-refractivity contribution in [2.24, 2.45) is 5.92 Å². The Kier molecular flexibility index (Phi) is 3.82. The highest BCUT2D eigenvalue weighted by Gasteiger charge is 2.36. The Labute approximate surface area is 139 Å². The average molecular weight is 328 g/mol. The van der Waals surface area contributed by atoms with Crippen LogP contribution in [0.5, 0.6) is 0 Å². The number of aromatic nitrogens is 2. The fraction of sp³-hybridized carbons (Fsp3) is 0.471. The number of fused-ring (bicyclic) bond motifs is 4. The molecule has 0 unspecified atom stereocenters. The van der Waals surface area contributed by atoms with Crippen molar-refractivity contribution >= 4 is 16.9 Å². The summed E-state index contributed by atoms with van der Waals surface area (Å²) in [6.07, 6.45) is 0. The Bertz CT molecular complexity index is 834. The predicted molar refractivity (Wildman–Crippen MR) is 89.0 cm³/mol. The van der Waals surface area contributed by atoms with Crippen LogP contribution >= 0.6 is 0 Å². The molecule has 0 aliphatic carbocycles. The van der Waals surface area contributed by atoms with Crippen molar-refractivity contribution in [2.75, 3.05) is 39.9 Å². The van der Waals surface area contributed by atoms with E-state index in [-0.39, 0.29) is 23.6 Å². The van der Waals surface area contributed by atoms with Crippen LogP contribution in [0.1, 0.15) is 10.5 Å². The lowest BCUT2D eigenvalue weighted by Gasteiger charge is -2.29. The van der Waals surface area contributed by atoms with Crippen LogP contribution in [-0.4, -0.2) is 71.6 Å². The highest BCUT2D eigenvalue weighted by molar-refractivity contribution is 5.94. The zero-order valence-electron chi connectivity index (χ0n) is 13.6. The van der Waals surface area contributed by atoms with Crippen LogP contribution in [0.15, 0.2) is 29.1 Å². The number of aromatic amines is 1. The summed E-state index contributed by atoms with van der Waals surface area (Å²) >= 11 is 0. The molecule has 1 N–H and O–H groups in total. The van der Waals surface area contributed by atoms with Crippen molar-refractivity contribution in [2.45, 2.75) is 6.04 Å². The van der Waals surface area contributed by atoms with Crippen molar-refractivity contribution in [1.29, 1.82) is 0 Å². The van der Waals surface area contributed by atoms with Crippen molar-refractivity contribution in [3.05, 3.63) is 40.3 Å². The fourth-order valence-corrected chi connectivity index (χ4v) is 3.64. The van der Waals surface area contributed by atoms with E-state index in [0.717, 1.165) is 13.1 Å². The molecule has 2 fully saturated rings. The van der Waals surface area contributed by atoms with Crippen LogP contribution in [0, 0.1) is 5.92 Å². The molecule has 1 aromatic carbocycles. The predicted octanol–water partition coefficient (Wildman–Crippen LogP) is 0.326. The molecule has 7 heteroatoms. The summed E-state index contributed by atoms with van der Waals surface area (Å²) in [5.74, 6) is -0.0520. The number of para-hydroxylation sites is 2. The van der Waals surface area contributed by atoms with E-state index < -0.39 is 5.56 Å². The highest BCUT2D eigenvalue weighted by atomic mass is 16.5. The molecule has 2 atom stereocenters. The maximum absolute atomic E-state index is 13.0. The third-order valence-electron chi connectivity index (χ3n) is 4.71. The normalized spacial score (nSPS) is 24.8. The van der Waals surface area contributed by atoms with Crippen molar-refractivity contribution in [3.63, 3.8) is 0 Å². The quantitative estimate of drug-likeness (QED) is 0.816. The van der Waals surface area contributed by atoms with Gasteiger partial charge in [-0.1, -0.05) is 12.1 Å². The number of nitrogens with zero attached hydrogens (tertiary/aromatic N) is 3. The lowest BCUT2D eigenvalue weighted by atomic mass is 10.1. The van der Waals surface area contributed by atoms with E-state index >= 15 is 0 Å². The number of rotatable bonds is 1. The molecule has 2 aromatic rings. The Balaban J connectivity index is 1.72. The number of hydrogen-bond acceptors (Lipinski definition) is 5. The third-order valence-corrected chi connectivity index (χ3v) is 4.71. The Morgan fingerprint density at radius 2 is 2.08 bits per heavy atom. The first kappa shape index (κ1) is 15.3. The van der Waals surface area contributed by atoms with Gasteiger partial charge in [-0.2, -0.15) is 0 Å². The molecule has 2 aliphatic heterocycles. The minimum absolute atomic E-state index is 0.0381. The van der Waals surface area contributed by atoms with E-state index in [1.54, 1.807) is 17.0 Å². The van der Waals surface area contributed by atoms with E-state index in [1.807, 2.05) is 12.1 Å². The number of hydrogen-bond donors (Lipinski definition) is 1. The van der Waals surface area contributed by atoms with Crippen molar-refractivity contribution in [1.82, 2.24) is 19.8 Å². The standard InChI is InChI=1S/C17H20N4O3/c1-20-6-11-7-21(12(8-20)10-24-9-11)17(23)15-16(22)19-14-5-3-2-4-13(14)18-15/h2-5,11-12H,6-10H2,1H3,(H,19,22)/t11-,12-/m0/s1. The summed E-state index contributed by atoms with van der Waals surface area (Å²) in [4.78, 5) is 36.5. The number of carbonyl (C=O) groups is 1. The molecular weight excluding hydrogens is 308 g/mol. The SMILES string of the molecule is CN1C[C@@H]2COC[C@H](C1)N(C(=O)c1nc3ccccc3[nH]c1=O)C2. The van der Waals surface area contributed by atoms with Gasteiger partial charge in [0.15, 0.2) is 5.69 Å². The monoisotopic (exact) mass is 328 g/mol. The largest absolute Gasteiger partial charge is 0.379 e. The van der Waals surface area contributed by atoms with Crippen LogP contribution in [0.3, 0.4) is 0 Å². The van der Waals surface area contributed by atoms with Crippen molar-refractivity contribution < 1.29 is 9.53 Å². The van der Waals surface area contributed by atoms with Gasteiger partial charge in [0.2, 0.25) is 0 Å². The number of H-pyrrole nitrogens is 1. The number of carbonyl (C=O) groups excluding carboxylic acids is 1. The Morgan fingerprint density at radius 1 is 1.25 bits per heavy atom. The molecule has 4 rings (SSSR count). The molecule has 126 valence electrons. The lowest BCUT2D eigenvalue weighted by Crippen LogP contribution is -2.47. The molecule has 0 spiro atoms. The zero-order valence-corrected chi connectivity index (χ0v) is 13.6. The summed E-state index contributed by atoms with van der Waals surface area (Å²) in [7, 11) is 2.06. The maximum atomic E-state index is 13.0. The number of ether oxygens (including phenoxy) is 1. The topological polar surface area (TPSA) is 78.5 Å². The number of likely N-dealkylation sites (N-methyl/N-ethyl adjacent to an activating group) is 1. The fourth-order valence-electron chi connectivity index (χ4n) is 3.64. The molecular formula is C17H20N4O3. The first-order valence-electron chi connectivity index (χ1n) is 8.18. The summed E-state index contributed by atoms with van der Waals surface area (Å²) in [5, 5.41) is 0. The molecule has 1 aromatic heterocycles. The molecule has 3 heterocycles. The summed E-state index contributed by atoms with van der Waals surface area (Å²) in [6.45, 7) is 3.38. The average Bonchev–Trinajstić information content (AvgIpc) is 2.83. The molecule has 7 nitrogen and oxygen atoms in total. The van der Waals surface area contributed by atoms with Crippen molar-refractivity contribution in [3.8, 4) is 0 Å². The van der Waals surface area contributed by atoms with Gasteiger partial charge in [0, 0.05) is 25.6 Å². The second kappa shape index (κ2) is 5.99. The van der Waals surface area contributed by atoms with Gasteiger partial charge in [0.1, 0.15) is 0 Å². The van der Waals surface area contributed by atoms with Crippen LogP contribution in [0.4, 0.5) is 0 Å². The first-order valence-corrected chi connectivity index (χ1v) is 8.18.